The monoisotopic (exact) mass is 197 g/mol. The minimum atomic E-state index is 0.769. The fourth-order valence-electron chi connectivity index (χ4n) is 1.40. The van der Waals surface area contributed by atoms with Gasteiger partial charge in [0.1, 0.15) is 0 Å². The van der Waals surface area contributed by atoms with Crippen LogP contribution in [0, 0.1) is 6.07 Å². The number of para-hydroxylation sites is 1. The van der Waals surface area contributed by atoms with Crippen molar-refractivity contribution in [3.8, 4) is 0 Å². The molecule has 0 saturated carbocycles. The van der Waals surface area contributed by atoms with Gasteiger partial charge in [-0.3, -0.25) is 0 Å². The first-order valence-electron chi connectivity index (χ1n) is 4.89. The third-order valence-corrected chi connectivity index (χ3v) is 2.14. The fraction of sp³-hybridized carbons (Fsp3) is 0.0769. The van der Waals surface area contributed by atoms with Gasteiger partial charge in [0.15, 0.2) is 0 Å². The molecular formula is C13H13N2. The van der Waals surface area contributed by atoms with Crippen LogP contribution in [0.5, 0.6) is 0 Å². The number of anilines is 2. The van der Waals surface area contributed by atoms with Crippen molar-refractivity contribution < 1.29 is 0 Å². The Morgan fingerprint density at radius 1 is 1.13 bits per heavy atom. The summed E-state index contributed by atoms with van der Waals surface area (Å²) < 4.78 is 0. The third-order valence-electron chi connectivity index (χ3n) is 2.14. The molecule has 75 valence electrons. The fourth-order valence-corrected chi connectivity index (χ4v) is 1.40. The van der Waals surface area contributed by atoms with Crippen molar-refractivity contribution in [2.24, 2.45) is 0 Å². The predicted molar refractivity (Wildman–Crippen MR) is 63.5 cm³/mol. The second-order valence-corrected chi connectivity index (χ2v) is 3.37. The standard InChI is InChI=1S/C13H13N2/c14-12-6-4-5-11(9-12)10-15-13-7-2-1-3-8-13/h1-7,9,15H,10,14H2. The molecule has 0 spiro atoms. The first-order valence-corrected chi connectivity index (χ1v) is 4.89. The largest absolute Gasteiger partial charge is 0.399 e. The molecular weight excluding hydrogens is 184 g/mol. The van der Waals surface area contributed by atoms with E-state index in [9.17, 15) is 0 Å². The van der Waals surface area contributed by atoms with Gasteiger partial charge in [0, 0.05) is 24.0 Å². The third kappa shape index (κ3) is 2.74. The van der Waals surface area contributed by atoms with Crippen LogP contribution >= 0.6 is 0 Å². The van der Waals surface area contributed by atoms with Crippen LogP contribution in [0.25, 0.3) is 0 Å². The number of hydrogen-bond acceptors (Lipinski definition) is 2. The van der Waals surface area contributed by atoms with Gasteiger partial charge in [-0.25, -0.2) is 0 Å². The summed E-state index contributed by atoms with van der Waals surface area (Å²) in [5.41, 5.74) is 8.66. The highest BCUT2D eigenvalue weighted by atomic mass is 14.9. The van der Waals surface area contributed by atoms with Crippen LogP contribution in [0.3, 0.4) is 0 Å². The van der Waals surface area contributed by atoms with Crippen LogP contribution in [0.4, 0.5) is 11.4 Å². The molecule has 15 heavy (non-hydrogen) atoms. The highest BCUT2D eigenvalue weighted by Crippen LogP contribution is 2.10. The summed E-state index contributed by atoms with van der Waals surface area (Å²) in [5, 5.41) is 3.28. The van der Waals surface area contributed by atoms with E-state index in [-0.39, 0.29) is 0 Å². The van der Waals surface area contributed by atoms with Crippen molar-refractivity contribution in [1.29, 1.82) is 0 Å². The van der Waals surface area contributed by atoms with Crippen molar-refractivity contribution in [2.75, 3.05) is 11.1 Å². The smallest absolute Gasteiger partial charge is 0.0423 e. The first-order chi connectivity index (χ1) is 7.34. The lowest BCUT2D eigenvalue weighted by Gasteiger charge is -2.06. The molecule has 3 N–H and O–H groups in total. The maximum absolute atomic E-state index is 5.69. The zero-order valence-electron chi connectivity index (χ0n) is 8.40. The van der Waals surface area contributed by atoms with Gasteiger partial charge >= 0.3 is 0 Å². The van der Waals surface area contributed by atoms with E-state index in [0.717, 1.165) is 17.9 Å². The van der Waals surface area contributed by atoms with Crippen molar-refractivity contribution in [2.45, 2.75) is 6.54 Å². The van der Waals surface area contributed by atoms with Crippen molar-refractivity contribution in [3.05, 3.63) is 60.2 Å². The molecule has 1 radical (unpaired) electrons. The van der Waals surface area contributed by atoms with E-state index in [1.807, 2.05) is 48.5 Å². The van der Waals surface area contributed by atoms with Crippen LogP contribution in [-0.2, 0) is 6.54 Å². The van der Waals surface area contributed by atoms with Gasteiger partial charge in [-0.05, 0) is 23.8 Å². The Labute approximate surface area is 89.7 Å². The van der Waals surface area contributed by atoms with Gasteiger partial charge in [0.2, 0.25) is 0 Å². The molecule has 2 nitrogen and oxygen atoms in total. The van der Waals surface area contributed by atoms with Gasteiger partial charge < -0.3 is 11.1 Å². The second-order valence-electron chi connectivity index (χ2n) is 3.37. The van der Waals surface area contributed by atoms with E-state index in [4.69, 9.17) is 5.73 Å². The Balaban J connectivity index is 1.99. The van der Waals surface area contributed by atoms with E-state index >= 15 is 0 Å². The Bertz CT molecular complexity index is 424. The lowest BCUT2D eigenvalue weighted by Crippen LogP contribution is -1.99. The van der Waals surface area contributed by atoms with Crippen LogP contribution < -0.4 is 11.1 Å². The summed E-state index contributed by atoms with van der Waals surface area (Å²) in [6.45, 7) is 0.769. The highest BCUT2D eigenvalue weighted by Gasteiger charge is 1.93. The highest BCUT2D eigenvalue weighted by molar-refractivity contribution is 5.45. The maximum Gasteiger partial charge on any atom is 0.0423 e. The van der Waals surface area contributed by atoms with Crippen LogP contribution in [0.15, 0.2) is 48.5 Å². The zero-order chi connectivity index (χ0) is 10.5. The average molecular weight is 197 g/mol. The molecule has 2 aromatic rings. The minimum Gasteiger partial charge on any atom is -0.399 e. The molecule has 0 amide bonds. The lowest BCUT2D eigenvalue weighted by atomic mass is 10.2. The maximum atomic E-state index is 5.69. The van der Waals surface area contributed by atoms with E-state index in [2.05, 4.69) is 11.4 Å². The van der Waals surface area contributed by atoms with E-state index in [1.54, 1.807) is 0 Å². The SMILES string of the molecule is Nc1cccc(CNc2[c]cccc2)c1. The second kappa shape index (κ2) is 4.51. The molecule has 0 saturated heterocycles. The Hall–Kier alpha value is -1.96. The molecule has 2 aromatic carbocycles. The number of nitrogen functional groups attached to an aromatic ring is 1. The van der Waals surface area contributed by atoms with Gasteiger partial charge in [-0.15, -0.1) is 0 Å². The molecule has 0 aliphatic heterocycles. The lowest BCUT2D eigenvalue weighted by molar-refractivity contribution is 1.15. The molecule has 0 aliphatic rings. The number of benzene rings is 2. The molecule has 0 fully saturated rings. The number of rotatable bonds is 3. The Morgan fingerprint density at radius 2 is 2.07 bits per heavy atom. The molecule has 0 atom stereocenters. The van der Waals surface area contributed by atoms with E-state index < -0.39 is 0 Å². The molecule has 0 heterocycles. The first kappa shape index (κ1) is 9.59. The number of hydrogen-bond donors (Lipinski definition) is 2. The van der Waals surface area contributed by atoms with Gasteiger partial charge in [0.05, 0.1) is 0 Å². The topological polar surface area (TPSA) is 38.0 Å². The van der Waals surface area contributed by atoms with Crippen molar-refractivity contribution in [3.63, 3.8) is 0 Å². The quantitative estimate of drug-likeness (QED) is 0.742. The van der Waals surface area contributed by atoms with Gasteiger partial charge in [-0.2, -0.15) is 0 Å². The molecule has 0 aliphatic carbocycles. The zero-order valence-corrected chi connectivity index (χ0v) is 8.40. The van der Waals surface area contributed by atoms with E-state index in [0.29, 0.717) is 0 Å². The van der Waals surface area contributed by atoms with Crippen LogP contribution in [0.1, 0.15) is 5.56 Å². The van der Waals surface area contributed by atoms with Crippen molar-refractivity contribution in [1.82, 2.24) is 0 Å². The molecule has 0 bridgehead atoms. The predicted octanol–water partition coefficient (Wildman–Crippen LogP) is 2.68. The number of nitrogens with two attached hydrogens (primary N) is 1. The summed E-state index contributed by atoms with van der Waals surface area (Å²) in [5.74, 6) is 0. The molecule has 2 heteroatoms. The van der Waals surface area contributed by atoms with Gasteiger partial charge in [0.25, 0.3) is 0 Å². The average Bonchev–Trinajstić information content (AvgIpc) is 2.28. The summed E-state index contributed by atoms with van der Waals surface area (Å²) in [6.07, 6.45) is 0. The van der Waals surface area contributed by atoms with E-state index in [1.165, 1.54) is 5.56 Å². The normalized spacial score (nSPS) is 9.87. The molecule has 2 rings (SSSR count). The van der Waals surface area contributed by atoms with Crippen LogP contribution in [-0.4, -0.2) is 0 Å². The molecule has 0 unspecified atom stereocenters. The summed E-state index contributed by atoms with van der Waals surface area (Å²) in [6, 6.07) is 18.8. The van der Waals surface area contributed by atoms with Gasteiger partial charge in [-0.1, -0.05) is 30.3 Å². The molecule has 0 aromatic heterocycles. The van der Waals surface area contributed by atoms with Crippen molar-refractivity contribution >= 4 is 11.4 Å². The Kier molecular flexibility index (Phi) is 2.88. The number of nitrogens with one attached hydrogen (secondary N) is 1. The van der Waals surface area contributed by atoms with Crippen LogP contribution in [0.2, 0.25) is 0 Å². The summed E-state index contributed by atoms with van der Waals surface area (Å²) >= 11 is 0. The summed E-state index contributed by atoms with van der Waals surface area (Å²) in [4.78, 5) is 0. The summed E-state index contributed by atoms with van der Waals surface area (Å²) in [7, 11) is 0. The Morgan fingerprint density at radius 3 is 2.80 bits per heavy atom. The minimum absolute atomic E-state index is 0.769.